The molecule has 5 fully saturated rings. The molecule has 0 radical (unpaired) electrons. The quantitative estimate of drug-likeness (QED) is 0.412. The first kappa shape index (κ1) is 22.8. The van der Waals surface area contributed by atoms with E-state index in [9.17, 15) is 0 Å². The Bertz CT molecular complexity index is 705. The highest BCUT2D eigenvalue weighted by Gasteiger charge is 2.70. The molecule has 0 aromatic rings. The van der Waals surface area contributed by atoms with Crippen LogP contribution < -0.4 is 0 Å². The molecule has 0 aromatic carbocycles. The lowest BCUT2D eigenvalue weighted by atomic mass is 9.32. The summed E-state index contributed by atoms with van der Waals surface area (Å²) in [5.74, 6) is 5.86. The maximum absolute atomic E-state index is 2.82. The second-order valence-electron chi connectivity index (χ2n) is 15.2. The Morgan fingerprint density at radius 1 is 0.645 bits per heavy atom. The van der Waals surface area contributed by atoms with Crippen LogP contribution >= 0.6 is 0 Å². The fourth-order valence-electron chi connectivity index (χ4n) is 12.3. The van der Waals surface area contributed by atoms with Gasteiger partial charge in [-0.05, 0) is 127 Å². The number of rotatable bonds is 2. The molecule has 0 heterocycles. The highest BCUT2D eigenvalue weighted by Crippen LogP contribution is 2.78. The zero-order valence-corrected chi connectivity index (χ0v) is 22.4. The van der Waals surface area contributed by atoms with Crippen LogP contribution in [0.25, 0.3) is 0 Å². The average molecular weight is 427 g/mol. The topological polar surface area (TPSA) is 0 Å². The minimum Gasteiger partial charge on any atom is -0.0651 e. The Morgan fingerprint density at radius 2 is 1.26 bits per heavy atom. The van der Waals surface area contributed by atoms with E-state index in [2.05, 4.69) is 55.4 Å². The SMILES string of the molecule is CC[C@@H](C)C1CC[C@]2(C)C3CCC4[C@@]5(C)CCCC(C)(C)C5CC[C@@]4(C)[C@]3(C)CC[C@H]12. The van der Waals surface area contributed by atoms with Gasteiger partial charge < -0.3 is 0 Å². The van der Waals surface area contributed by atoms with Crippen molar-refractivity contribution < 1.29 is 0 Å². The van der Waals surface area contributed by atoms with Crippen molar-refractivity contribution in [2.75, 3.05) is 0 Å². The van der Waals surface area contributed by atoms with Crippen LogP contribution in [-0.2, 0) is 0 Å². The van der Waals surface area contributed by atoms with Crippen molar-refractivity contribution in [3.63, 3.8) is 0 Å². The molecule has 5 saturated carbocycles. The molecule has 5 aliphatic rings. The van der Waals surface area contributed by atoms with Gasteiger partial charge >= 0.3 is 0 Å². The molecule has 0 bridgehead atoms. The summed E-state index contributed by atoms with van der Waals surface area (Å²) in [4.78, 5) is 0. The second-order valence-corrected chi connectivity index (χ2v) is 15.2. The van der Waals surface area contributed by atoms with Gasteiger partial charge in [-0.3, -0.25) is 0 Å². The van der Waals surface area contributed by atoms with Crippen LogP contribution in [0.1, 0.15) is 132 Å². The van der Waals surface area contributed by atoms with Crippen molar-refractivity contribution in [2.45, 2.75) is 132 Å². The summed E-state index contributed by atoms with van der Waals surface area (Å²) in [5.41, 5.74) is 2.91. The molecule has 0 saturated heterocycles. The van der Waals surface area contributed by atoms with Crippen molar-refractivity contribution in [3.05, 3.63) is 0 Å². The molecule has 31 heavy (non-hydrogen) atoms. The predicted molar refractivity (Wildman–Crippen MR) is 134 cm³/mol. The highest BCUT2D eigenvalue weighted by molar-refractivity contribution is 5.19. The van der Waals surface area contributed by atoms with E-state index in [0.29, 0.717) is 27.1 Å². The summed E-state index contributed by atoms with van der Waals surface area (Å²) < 4.78 is 0. The van der Waals surface area contributed by atoms with Gasteiger partial charge in [0.15, 0.2) is 0 Å². The number of hydrogen-bond acceptors (Lipinski definition) is 0. The molecule has 0 heteroatoms. The molecule has 10 atom stereocenters. The van der Waals surface area contributed by atoms with E-state index < -0.39 is 0 Å². The maximum atomic E-state index is 2.82. The molecule has 0 N–H and O–H groups in total. The lowest BCUT2D eigenvalue weighted by Crippen LogP contribution is -2.65. The minimum atomic E-state index is 0.560. The van der Waals surface area contributed by atoms with Gasteiger partial charge in [-0.1, -0.05) is 68.2 Å². The van der Waals surface area contributed by atoms with E-state index in [1.807, 2.05) is 0 Å². The van der Waals surface area contributed by atoms with Crippen LogP contribution in [-0.4, -0.2) is 0 Å². The summed E-state index contributed by atoms with van der Waals surface area (Å²) in [6, 6.07) is 0. The van der Waals surface area contributed by atoms with Gasteiger partial charge in [0.25, 0.3) is 0 Å². The first-order valence-corrected chi connectivity index (χ1v) is 14.4. The Morgan fingerprint density at radius 3 is 1.90 bits per heavy atom. The first-order valence-electron chi connectivity index (χ1n) is 14.4. The molecule has 178 valence electrons. The Balaban J connectivity index is 1.50. The molecule has 0 spiro atoms. The Hall–Kier alpha value is 0. The van der Waals surface area contributed by atoms with E-state index in [1.54, 1.807) is 6.42 Å². The van der Waals surface area contributed by atoms with Crippen molar-refractivity contribution in [1.29, 1.82) is 0 Å². The van der Waals surface area contributed by atoms with Crippen molar-refractivity contribution in [1.82, 2.24) is 0 Å². The van der Waals surface area contributed by atoms with Crippen LogP contribution in [0.5, 0.6) is 0 Å². The summed E-state index contributed by atoms with van der Waals surface area (Å²) >= 11 is 0. The molecule has 0 amide bonds. The van der Waals surface area contributed by atoms with Gasteiger partial charge in [0.05, 0.1) is 0 Å². The average Bonchev–Trinajstić information content (AvgIpc) is 3.04. The van der Waals surface area contributed by atoms with Gasteiger partial charge in [-0.15, -0.1) is 0 Å². The molecule has 5 rings (SSSR count). The zero-order valence-electron chi connectivity index (χ0n) is 22.4. The molecule has 0 nitrogen and oxygen atoms in total. The normalized spacial score (nSPS) is 56.7. The number of fused-ring (bicyclic) bond motifs is 7. The molecule has 4 unspecified atom stereocenters. The third-order valence-corrected chi connectivity index (χ3v) is 14.1. The van der Waals surface area contributed by atoms with E-state index in [1.165, 1.54) is 70.6 Å². The van der Waals surface area contributed by atoms with E-state index >= 15 is 0 Å². The highest BCUT2D eigenvalue weighted by atomic mass is 14.7. The summed E-state index contributed by atoms with van der Waals surface area (Å²) in [5, 5.41) is 0. The Labute approximate surface area is 195 Å². The van der Waals surface area contributed by atoms with Crippen molar-refractivity contribution in [3.8, 4) is 0 Å². The summed E-state index contributed by atoms with van der Waals surface area (Å²) in [7, 11) is 0. The van der Waals surface area contributed by atoms with Crippen molar-refractivity contribution >= 4 is 0 Å². The molecule has 0 aliphatic heterocycles. The summed E-state index contributed by atoms with van der Waals surface area (Å²) in [6.45, 7) is 21.4. The van der Waals surface area contributed by atoms with Gasteiger partial charge in [-0.25, -0.2) is 0 Å². The molecule has 0 aromatic heterocycles. The molecule has 5 aliphatic carbocycles. The first-order chi connectivity index (χ1) is 14.4. The van der Waals surface area contributed by atoms with Gasteiger partial charge in [-0.2, -0.15) is 0 Å². The van der Waals surface area contributed by atoms with Gasteiger partial charge in [0.1, 0.15) is 0 Å². The fourth-order valence-corrected chi connectivity index (χ4v) is 12.3. The van der Waals surface area contributed by atoms with E-state index in [0.717, 1.165) is 35.5 Å². The predicted octanol–water partition coefficient (Wildman–Crippen LogP) is 9.52. The lowest BCUT2D eigenvalue weighted by Gasteiger charge is -2.73. The Kier molecular flexibility index (Phi) is 5.15. The van der Waals surface area contributed by atoms with Crippen LogP contribution in [0.2, 0.25) is 0 Å². The maximum Gasteiger partial charge on any atom is -0.0235 e. The summed E-state index contributed by atoms with van der Waals surface area (Å²) in [6.07, 6.45) is 18.1. The molecular weight excluding hydrogens is 372 g/mol. The largest absolute Gasteiger partial charge is 0.0651 e. The smallest absolute Gasteiger partial charge is 0.0235 e. The van der Waals surface area contributed by atoms with E-state index in [-0.39, 0.29) is 0 Å². The van der Waals surface area contributed by atoms with Crippen LogP contribution in [0.3, 0.4) is 0 Å². The molecular formula is C31H54. The fraction of sp³-hybridized carbons (Fsp3) is 1.00. The van der Waals surface area contributed by atoms with Crippen LogP contribution in [0.4, 0.5) is 0 Å². The third-order valence-electron chi connectivity index (χ3n) is 14.1. The number of hydrogen-bond donors (Lipinski definition) is 0. The second kappa shape index (κ2) is 7.01. The zero-order chi connectivity index (χ0) is 22.4. The van der Waals surface area contributed by atoms with E-state index in [4.69, 9.17) is 0 Å². The van der Waals surface area contributed by atoms with Gasteiger partial charge in [0, 0.05) is 0 Å². The standard InChI is InChI=1S/C31H54/c1-9-21(2)22-13-18-28(5)23(22)14-19-30(7)25(28)11-12-26-29(6)17-10-16-27(3,4)24(29)15-20-31(26,30)8/h21-26H,9-20H2,1-8H3/t21-,22?,23-,24?,25?,26?,28+,29+,30-,31-/m1/s1. The van der Waals surface area contributed by atoms with Crippen molar-refractivity contribution in [2.24, 2.45) is 62.6 Å². The van der Waals surface area contributed by atoms with Crippen LogP contribution in [0.15, 0.2) is 0 Å². The minimum absolute atomic E-state index is 0.560. The van der Waals surface area contributed by atoms with Crippen LogP contribution in [0, 0.1) is 62.6 Å². The third kappa shape index (κ3) is 2.78. The monoisotopic (exact) mass is 426 g/mol. The lowest BCUT2D eigenvalue weighted by molar-refractivity contribution is -0.241. The van der Waals surface area contributed by atoms with Gasteiger partial charge in [0.2, 0.25) is 0 Å².